The topological polar surface area (TPSA) is 71.2 Å². The summed E-state index contributed by atoms with van der Waals surface area (Å²) in [4.78, 5) is 27.7. The molecule has 0 aliphatic carbocycles. The van der Waals surface area contributed by atoms with Crippen molar-refractivity contribution in [2.24, 2.45) is 5.92 Å². The van der Waals surface area contributed by atoms with Crippen molar-refractivity contribution in [2.45, 2.75) is 46.3 Å². The molecule has 3 aromatic rings. The van der Waals surface area contributed by atoms with Crippen molar-refractivity contribution < 1.29 is 14.3 Å². The van der Waals surface area contributed by atoms with E-state index < -0.39 is 6.04 Å². The molecule has 0 radical (unpaired) electrons. The number of aromatic nitrogens is 1. The standard InChI is InChI=1S/C24H28N2O3/c1-4-16(2)24(17(3)27)26-23(28)12-19-14-25-22-11-10-20(13-21(19)22)29-15-18-8-6-5-7-9-18/h5-11,13-14,16,24-25H,4,12,15H2,1-3H3,(H,26,28)/t16-,24-/m0/s1. The Morgan fingerprint density at radius 2 is 1.90 bits per heavy atom. The van der Waals surface area contributed by atoms with Gasteiger partial charge in [-0.05, 0) is 42.2 Å². The number of rotatable bonds is 9. The van der Waals surface area contributed by atoms with E-state index in [1.54, 1.807) is 0 Å². The SMILES string of the molecule is CC[C@H](C)[C@H](NC(=O)Cc1c[nH]c2ccc(OCc3ccccc3)cc12)C(C)=O. The second kappa shape index (κ2) is 9.41. The Morgan fingerprint density at radius 1 is 1.14 bits per heavy atom. The fourth-order valence-corrected chi connectivity index (χ4v) is 3.41. The zero-order valence-corrected chi connectivity index (χ0v) is 17.2. The summed E-state index contributed by atoms with van der Waals surface area (Å²) in [7, 11) is 0. The van der Waals surface area contributed by atoms with E-state index in [1.807, 2.05) is 68.6 Å². The molecule has 3 rings (SSSR count). The lowest BCUT2D eigenvalue weighted by Crippen LogP contribution is -2.44. The van der Waals surface area contributed by atoms with Gasteiger partial charge in [0.1, 0.15) is 12.4 Å². The molecule has 5 heteroatoms. The van der Waals surface area contributed by atoms with Gasteiger partial charge in [-0.25, -0.2) is 0 Å². The number of fused-ring (bicyclic) bond motifs is 1. The van der Waals surface area contributed by atoms with E-state index in [0.29, 0.717) is 6.61 Å². The number of ketones is 1. The van der Waals surface area contributed by atoms with E-state index in [-0.39, 0.29) is 24.0 Å². The van der Waals surface area contributed by atoms with Crippen molar-refractivity contribution in [1.82, 2.24) is 10.3 Å². The minimum Gasteiger partial charge on any atom is -0.489 e. The number of amides is 1. The third-order valence-corrected chi connectivity index (χ3v) is 5.31. The van der Waals surface area contributed by atoms with Crippen LogP contribution in [0.15, 0.2) is 54.7 Å². The summed E-state index contributed by atoms with van der Waals surface area (Å²) < 4.78 is 5.91. The largest absolute Gasteiger partial charge is 0.489 e. The number of benzene rings is 2. The number of H-pyrrole nitrogens is 1. The molecule has 0 unspecified atom stereocenters. The zero-order valence-electron chi connectivity index (χ0n) is 17.2. The highest BCUT2D eigenvalue weighted by Gasteiger charge is 2.23. The van der Waals surface area contributed by atoms with Gasteiger partial charge >= 0.3 is 0 Å². The molecule has 29 heavy (non-hydrogen) atoms. The highest BCUT2D eigenvalue weighted by atomic mass is 16.5. The van der Waals surface area contributed by atoms with Gasteiger partial charge < -0.3 is 15.0 Å². The van der Waals surface area contributed by atoms with E-state index in [4.69, 9.17) is 4.74 Å². The number of carbonyl (C=O) groups excluding carboxylic acids is 2. The van der Waals surface area contributed by atoms with Crippen LogP contribution in [0, 0.1) is 5.92 Å². The first-order chi connectivity index (χ1) is 14.0. The van der Waals surface area contributed by atoms with E-state index in [0.717, 1.165) is 34.2 Å². The molecular weight excluding hydrogens is 364 g/mol. The van der Waals surface area contributed by atoms with Gasteiger partial charge in [-0.3, -0.25) is 9.59 Å². The molecule has 1 aromatic heterocycles. The van der Waals surface area contributed by atoms with E-state index in [1.165, 1.54) is 6.92 Å². The van der Waals surface area contributed by atoms with Crippen LogP contribution in [0.4, 0.5) is 0 Å². The highest BCUT2D eigenvalue weighted by molar-refractivity contribution is 5.92. The molecule has 5 nitrogen and oxygen atoms in total. The first-order valence-corrected chi connectivity index (χ1v) is 10.0. The Bertz CT molecular complexity index is 978. The number of hydrogen-bond donors (Lipinski definition) is 2. The summed E-state index contributed by atoms with van der Waals surface area (Å²) in [5.41, 5.74) is 2.93. The Labute approximate surface area is 171 Å². The van der Waals surface area contributed by atoms with Gasteiger partial charge in [0.25, 0.3) is 0 Å². The molecule has 1 heterocycles. The average Bonchev–Trinajstić information content (AvgIpc) is 3.12. The van der Waals surface area contributed by atoms with E-state index >= 15 is 0 Å². The fraction of sp³-hybridized carbons (Fsp3) is 0.333. The minimum absolute atomic E-state index is 0.0109. The molecule has 2 aromatic carbocycles. The van der Waals surface area contributed by atoms with Crippen LogP contribution in [-0.2, 0) is 22.6 Å². The molecule has 0 aliphatic heterocycles. The van der Waals surface area contributed by atoms with Crippen LogP contribution in [0.25, 0.3) is 10.9 Å². The average molecular weight is 392 g/mol. The Balaban J connectivity index is 1.70. The van der Waals surface area contributed by atoms with Crippen LogP contribution in [0.1, 0.15) is 38.3 Å². The van der Waals surface area contributed by atoms with Gasteiger partial charge in [0, 0.05) is 17.1 Å². The minimum atomic E-state index is -0.442. The summed E-state index contributed by atoms with van der Waals surface area (Å²) >= 11 is 0. The fourth-order valence-electron chi connectivity index (χ4n) is 3.41. The van der Waals surface area contributed by atoms with Crippen LogP contribution in [-0.4, -0.2) is 22.7 Å². The Hall–Kier alpha value is -3.08. The maximum atomic E-state index is 12.6. The van der Waals surface area contributed by atoms with E-state index in [9.17, 15) is 9.59 Å². The van der Waals surface area contributed by atoms with Crippen molar-refractivity contribution in [3.05, 3.63) is 65.9 Å². The van der Waals surface area contributed by atoms with Gasteiger partial charge in [0.2, 0.25) is 5.91 Å². The van der Waals surface area contributed by atoms with Crippen molar-refractivity contribution in [2.75, 3.05) is 0 Å². The smallest absolute Gasteiger partial charge is 0.225 e. The molecule has 152 valence electrons. The number of carbonyl (C=O) groups is 2. The molecule has 2 atom stereocenters. The van der Waals surface area contributed by atoms with E-state index in [2.05, 4.69) is 10.3 Å². The number of nitrogens with one attached hydrogen (secondary N) is 2. The molecular formula is C24H28N2O3. The van der Waals surface area contributed by atoms with Crippen LogP contribution in [0.2, 0.25) is 0 Å². The normalized spacial score (nSPS) is 13.1. The number of Topliss-reactive ketones (excluding diaryl/α,β-unsaturated/α-hetero) is 1. The Kier molecular flexibility index (Phi) is 6.70. The molecule has 0 bridgehead atoms. The molecule has 0 aliphatic rings. The second-order valence-corrected chi connectivity index (χ2v) is 7.51. The molecule has 0 saturated carbocycles. The van der Waals surface area contributed by atoms with Gasteiger partial charge in [0.05, 0.1) is 12.5 Å². The maximum absolute atomic E-state index is 12.6. The van der Waals surface area contributed by atoms with Crippen molar-refractivity contribution in [3.8, 4) is 5.75 Å². The summed E-state index contributed by atoms with van der Waals surface area (Å²) in [5.74, 6) is 0.700. The second-order valence-electron chi connectivity index (χ2n) is 7.51. The Morgan fingerprint density at radius 3 is 2.59 bits per heavy atom. The van der Waals surface area contributed by atoms with Gasteiger partial charge in [-0.2, -0.15) is 0 Å². The predicted molar refractivity (Wildman–Crippen MR) is 115 cm³/mol. The van der Waals surface area contributed by atoms with Gasteiger partial charge in [-0.15, -0.1) is 0 Å². The van der Waals surface area contributed by atoms with Gasteiger partial charge in [-0.1, -0.05) is 50.6 Å². The number of hydrogen-bond acceptors (Lipinski definition) is 3. The lowest BCUT2D eigenvalue weighted by Gasteiger charge is -2.21. The molecule has 0 saturated heterocycles. The van der Waals surface area contributed by atoms with Crippen LogP contribution in [0.5, 0.6) is 5.75 Å². The molecule has 0 fully saturated rings. The first kappa shape index (κ1) is 20.6. The first-order valence-electron chi connectivity index (χ1n) is 10.0. The molecule has 1 amide bonds. The monoisotopic (exact) mass is 392 g/mol. The third-order valence-electron chi connectivity index (χ3n) is 5.31. The zero-order chi connectivity index (χ0) is 20.8. The van der Waals surface area contributed by atoms with Crippen molar-refractivity contribution in [3.63, 3.8) is 0 Å². The van der Waals surface area contributed by atoms with Crippen LogP contribution in [0.3, 0.4) is 0 Å². The third kappa shape index (κ3) is 5.25. The lowest BCUT2D eigenvalue weighted by atomic mass is 9.96. The molecule has 0 spiro atoms. The highest BCUT2D eigenvalue weighted by Crippen LogP contribution is 2.25. The quantitative estimate of drug-likeness (QED) is 0.567. The maximum Gasteiger partial charge on any atom is 0.225 e. The summed E-state index contributed by atoms with van der Waals surface area (Å²) in [6, 6.07) is 15.4. The van der Waals surface area contributed by atoms with Gasteiger partial charge in [0.15, 0.2) is 5.78 Å². The van der Waals surface area contributed by atoms with Crippen LogP contribution < -0.4 is 10.1 Å². The predicted octanol–water partition coefficient (Wildman–Crippen LogP) is 4.41. The van der Waals surface area contributed by atoms with Crippen LogP contribution >= 0.6 is 0 Å². The van der Waals surface area contributed by atoms with Crippen molar-refractivity contribution in [1.29, 1.82) is 0 Å². The summed E-state index contributed by atoms with van der Waals surface area (Å²) in [6.07, 6.45) is 2.89. The summed E-state index contributed by atoms with van der Waals surface area (Å²) in [6.45, 7) is 6.01. The number of ether oxygens (including phenoxy) is 1. The molecule has 2 N–H and O–H groups in total. The number of aromatic amines is 1. The lowest BCUT2D eigenvalue weighted by molar-refractivity contribution is -0.127. The summed E-state index contributed by atoms with van der Waals surface area (Å²) in [5, 5.41) is 3.85. The van der Waals surface area contributed by atoms with Crippen molar-refractivity contribution >= 4 is 22.6 Å².